The van der Waals surface area contributed by atoms with Crippen LogP contribution in [0.1, 0.15) is 43.7 Å². The van der Waals surface area contributed by atoms with Gasteiger partial charge in [-0.1, -0.05) is 55.8 Å². The van der Waals surface area contributed by atoms with Gasteiger partial charge in [0, 0.05) is 42.8 Å². The summed E-state index contributed by atoms with van der Waals surface area (Å²) in [5, 5.41) is 15.4. The first-order valence-electron chi connectivity index (χ1n) is 13.9. The van der Waals surface area contributed by atoms with Crippen LogP contribution in [-0.4, -0.2) is 35.7 Å². The maximum atomic E-state index is 13.7. The average molecular weight is 549 g/mol. The van der Waals surface area contributed by atoms with Crippen molar-refractivity contribution in [2.75, 3.05) is 23.9 Å². The van der Waals surface area contributed by atoms with E-state index >= 15 is 0 Å². The van der Waals surface area contributed by atoms with Gasteiger partial charge in [0.2, 0.25) is 5.88 Å². The molecule has 1 atom stereocenters. The lowest BCUT2D eigenvalue weighted by Crippen LogP contribution is -2.46. The Bertz CT molecular complexity index is 1420. The molecule has 2 amide bonds. The summed E-state index contributed by atoms with van der Waals surface area (Å²) < 4.78 is 5.45. The Morgan fingerprint density at radius 3 is 2.49 bits per heavy atom. The first kappa shape index (κ1) is 29.1. The molecule has 2 aromatic carbocycles. The predicted octanol–water partition coefficient (Wildman–Crippen LogP) is 6.80. The number of methoxy groups -OCH3 is 1. The van der Waals surface area contributed by atoms with Gasteiger partial charge in [0.1, 0.15) is 11.9 Å². The largest absolute Gasteiger partial charge is 0.481 e. The lowest BCUT2D eigenvalue weighted by molar-refractivity contribution is 0.242. The molecule has 2 N–H and O–H groups in total. The molecular formula is C33H36N6O2. The van der Waals surface area contributed by atoms with Gasteiger partial charge in [-0.15, -0.1) is 0 Å². The van der Waals surface area contributed by atoms with Gasteiger partial charge in [-0.2, -0.15) is 5.26 Å². The summed E-state index contributed by atoms with van der Waals surface area (Å²) in [6.07, 6.45) is 6.74. The van der Waals surface area contributed by atoms with Crippen molar-refractivity contribution in [3.63, 3.8) is 0 Å². The van der Waals surface area contributed by atoms with Crippen LogP contribution in [0.2, 0.25) is 0 Å². The van der Waals surface area contributed by atoms with Gasteiger partial charge in [0.15, 0.2) is 0 Å². The molecule has 0 aliphatic heterocycles. The predicted molar refractivity (Wildman–Crippen MR) is 163 cm³/mol. The Labute approximate surface area is 242 Å². The van der Waals surface area contributed by atoms with E-state index in [2.05, 4.69) is 33.6 Å². The molecule has 0 saturated heterocycles. The van der Waals surface area contributed by atoms with E-state index in [1.54, 1.807) is 25.6 Å². The number of pyridine rings is 2. The molecule has 0 bridgehead atoms. The summed E-state index contributed by atoms with van der Waals surface area (Å²) in [7, 11) is 1.61. The van der Waals surface area contributed by atoms with Gasteiger partial charge in [-0.25, -0.2) is 14.8 Å². The average Bonchev–Trinajstić information content (AvgIpc) is 3.03. The van der Waals surface area contributed by atoms with E-state index in [1.165, 1.54) is 0 Å². The highest BCUT2D eigenvalue weighted by Crippen LogP contribution is 2.31. The highest BCUT2D eigenvalue weighted by Gasteiger charge is 2.25. The molecule has 0 fully saturated rings. The number of amides is 2. The van der Waals surface area contributed by atoms with E-state index in [4.69, 9.17) is 10.00 Å². The van der Waals surface area contributed by atoms with Crippen molar-refractivity contribution in [3.8, 4) is 23.1 Å². The van der Waals surface area contributed by atoms with E-state index in [1.807, 2.05) is 77.7 Å². The molecule has 8 heteroatoms. The highest BCUT2D eigenvalue weighted by atomic mass is 16.5. The van der Waals surface area contributed by atoms with Crippen LogP contribution in [0.25, 0.3) is 11.1 Å². The van der Waals surface area contributed by atoms with Gasteiger partial charge in [0.25, 0.3) is 0 Å². The number of benzene rings is 2. The molecule has 2 heterocycles. The summed E-state index contributed by atoms with van der Waals surface area (Å²) in [6, 6.07) is 27.3. The quantitative estimate of drug-likeness (QED) is 0.178. The number of aromatic nitrogens is 2. The van der Waals surface area contributed by atoms with Crippen LogP contribution >= 0.6 is 0 Å². The number of ether oxygens (including phenoxy) is 1. The Hall–Kier alpha value is -4.90. The van der Waals surface area contributed by atoms with Gasteiger partial charge in [-0.05, 0) is 66.8 Å². The third-order valence-corrected chi connectivity index (χ3v) is 6.83. The molecule has 0 spiro atoms. The molecule has 8 nitrogen and oxygen atoms in total. The van der Waals surface area contributed by atoms with Crippen molar-refractivity contribution >= 4 is 17.5 Å². The van der Waals surface area contributed by atoms with Crippen LogP contribution < -0.4 is 20.3 Å². The van der Waals surface area contributed by atoms with E-state index in [9.17, 15) is 4.79 Å². The number of rotatable bonds is 13. The van der Waals surface area contributed by atoms with Crippen molar-refractivity contribution < 1.29 is 9.53 Å². The molecular weight excluding hydrogens is 512 g/mol. The van der Waals surface area contributed by atoms with Crippen LogP contribution in [-0.2, 0) is 6.54 Å². The molecule has 0 radical (unpaired) electrons. The number of nitriles is 1. The Balaban J connectivity index is 1.52. The fourth-order valence-corrected chi connectivity index (χ4v) is 4.78. The number of hydrogen-bond acceptors (Lipinski definition) is 6. The standard InChI is InChI=1S/C33H36N6O2/c1-3-9-28(12-7-20-35-31-19-14-26(22-34)24-37-31)39(33(40)38-23-25-10-5-4-6-11-25)29-17-15-27(16-18-29)30-13-8-21-36-32(30)41-2/h4-6,8,10-11,13-19,21,24,28H,3,7,9,12,20,23H2,1-2H3,(H,35,37)(H,38,40)/t28-/m1/s1. The van der Waals surface area contributed by atoms with Crippen molar-refractivity contribution in [2.24, 2.45) is 0 Å². The Kier molecular flexibility index (Phi) is 10.7. The number of urea groups is 1. The number of carbonyl (C=O) groups is 1. The molecule has 41 heavy (non-hydrogen) atoms. The third-order valence-electron chi connectivity index (χ3n) is 6.83. The van der Waals surface area contributed by atoms with Crippen molar-refractivity contribution in [3.05, 3.63) is 102 Å². The summed E-state index contributed by atoms with van der Waals surface area (Å²) >= 11 is 0. The zero-order chi connectivity index (χ0) is 28.9. The zero-order valence-electron chi connectivity index (χ0n) is 23.6. The number of nitrogens with zero attached hydrogens (tertiary/aromatic N) is 4. The topological polar surface area (TPSA) is 103 Å². The van der Waals surface area contributed by atoms with Crippen LogP contribution in [0.4, 0.5) is 16.3 Å². The van der Waals surface area contributed by atoms with E-state index in [-0.39, 0.29) is 12.1 Å². The van der Waals surface area contributed by atoms with Gasteiger partial charge >= 0.3 is 6.03 Å². The van der Waals surface area contributed by atoms with Crippen LogP contribution in [0, 0.1) is 11.3 Å². The summed E-state index contributed by atoms with van der Waals surface area (Å²) in [6.45, 7) is 3.30. The minimum atomic E-state index is -0.124. The molecule has 210 valence electrons. The van der Waals surface area contributed by atoms with Crippen LogP contribution in [0.5, 0.6) is 5.88 Å². The molecule has 0 saturated carbocycles. The SMILES string of the molecule is CCC[C@H](CCCNc1ccc(C#N)cn1)N(C(=O)NCc1ccccc1)c1ccc(-c2cccnc2OC)cc1. The minimum absolute atomic E-state index is 0.00488. The van der Waals surface area contributed by atoms with Crippen molar-refractivity contribution in [1.29, 1.82) is 5.26 Å². The monoisotopic (exact) mass is 548 g/mol. The molecule has 2 aromatic heterocycles. The summed E-state index contributed by atoms with van der Waals surface area (Å²) in [5.74, 6) is 1.29. The fraction of sp³-hybridized carbons (Fsp3) is 0.273. The molecule has 0 aliphatic carbocycles. The second-order valence-corrected chi connectivity index (χ2v) is 9.68. The molecule has 4 rings (SSSR count). The lowest BCUT2D eigenvalue weighted by atomic mass is 10.0. The van der Waals surface area contributed by atoms with Gasteiger partial charge in [-0.3, -0.25) is 4.90 Å². The second kappa shape index (κ2) is 15.0. The second-order valence-electron chi connectivity index (χ2n) is 9.68. The van der Waals surface area contributed by atoms with Gasteiger partial charge in [0.05, 0.1) is 12.7 Å². The van der Waals surface area contributed by atoms with E-state index < -0.39 is 0 Å². The van der Waals surface area contributed by atoms with E-state index in [0.717, 1.165) is 53.9 Å². The number of hydrogen-bond donors (Lipinski definition) is 2. The Morgan fingerprint density at radius 2 is 1.80 bits per heavy atom. The fourth-order valence-electron chi connectivity index (χ4n) is 4.78. The van der Waals surface area contributed by atoms with Crippen LogP contribution in [0.3, 0.4) is 0 Å². The normalized spacial score (nSPS) is 11.2. The smallest absolute Gasteiger partial charge is 0.322 e. The third kappa shape index (κ3) is 8.05. The highest BCUT2D eigenvalue weighted by molar-refractivity contribution is 5.93. The molecule has 0 aliphatic rings. The van der Waals surface area contributed by atoms with Crippen LogP contribution in [0.15, 0.2) is 91.3 Å². The lowest BCUT2D eigenvalue weighted by Gasteiger charge is -2.32. The first-order valence-corrected chi connectivity index (χ1v) is 13.9. The number of carbonyl (C=O) groups excluding carboxylic acids is 1. The van der Waals surface area contributed by atoms with Crippen molar-refractivity contribution in [1.82, 2.24) is 15.3 Å². The van der Waals surface area contributed by atoms with Gasteiger partial charge < -0.3 is 15.4 Å². The zero-order valence-corrected chi connectivity index (χ0v) is 23.6. The minimum Gasteiger partial charge on any atom is -0.481 e. The van der Waals surface area contributed by atoms with Crippen molar-refractivity contribution in [2.45, 2.75) is 45.2 Å². The summed E-state index contributed by atoms with van der Waals surface area (Å²) in [4.78, 5) is 24.2. The number of nitrogens with one attached hydrogen (secondary N) is 2. The molecule has 0 unspecified atom stereocenters. The first-order chi connectivity index (χ1) is 20.1. The molecule has 4 aromatic rings. The summed E-state index contributed by atoms with van der Waals surface area (Å²) in [5.41, 5.74) is 4.28. The maximum Gasteiger partial charge on any atom is 0.322 e. The Morgan fingerprint density at radius 1 is 1.00 bits per heavy atom. The number of anilines is 2. The maximum absolute atomic E-state index is 13.7. The van der Waals surface area contributed by atoms with E-state index in [0.29, 0.717) is 24.5 Å².